The molecule has 0 bridgehead atoms. The van der Waals surface area contributed by atoms with Gasteiger partial charge in [0.15, 0.2) is 0 Å². The van der Waals surface area contributed by atoms with Gasteiger partial charge in [-0.15, -0.1) is 0 Å². The van der Waals surface area contributed by atoms with Crippen LogP contribution in [0.3, 0.4) is 0 Å². The summed E-state index contributed by atoms with van der Waals surface area (Å²) in [5.74, 6) is 0.800. The van der Waals surface area contributed by atoms with E-state index in [1.807, 2.05) is 71.6 Å². The maximum absolute atomic E-state index is 13.6. The molecule has 6 nitrogen and oxygen atoms in total. The van der Waals surface area contributed by atoms with Crippen molar-refractivity contribution in [2.24, 2.45) is 0 Å². The van der Waals surface area contributed by atoms with Gasteiger partial charge >= 0.3 is 6.03 Å². The van der Waals surface area contributed by atoms with Gasteiger partial charge in [-0.3, -0.25) is 4.90 Å². The second-order valence-corrected chi connectivity index (χ2v) is 9.61. The molecule has 1 aliphatic heterocycles. The van der Waals surface area contributed by atoms with Gasteiger partial charge in [-0.2, -0.15) is 0 Å². The third-order valence-electron chi connectivity index (χ3n) is 6.84. The third kappa shape index (κ3) is 7.12. The third-order valence-corrected chi connectivity index (χ3v) is 6.84. The summed E-state index contributed by atoms with van der Waals surface area (Å²) in [4.78, 5) is 17.9. The average Bonchev–Trinajstić information content (AvgIpc) is 2.97. The van der Waals surface area contributed by atoms with E-state index in [4.69, 9.17) is 9.47 Å². The van der Waals surface area contributed by atoms with E-state index in [9.17, 15) is 4.79 Å². The molecule has 38 heavy (non-hydrogen) atoms. The van der Waals surface area contributed by atoms with Crippen molar-refractivity contribution >= 4 is 22.5 Å². The molecule has 1 fully saturated rings. The number of anilines is 1. The SMILES string of the molecule is O=C(Nc1cccc2ccccc12)N(CCCN1CCOCC1)Cc1cccc(OCc2ccccc2)c1. The molecule has 1 aliphatic rings. The molecule has 0 atom stereocenters. The molecule has 2 amide bonds. The molecule has 1 saturated heterocycles. The maximum Gasteiger partial charge on any atom is 0.322 e. The molecule has 0 aliphatic carbocycles. The minimum absolute atomic E-state index is 0.0982. The Hall–Kier alpha value is -3.87. The predicted octanol–water partition coefficient (Wildman–Crippen LogP) is 6.18. The molecular weight excluding hydrogens is 474 g/mol. The fourth-order valence-electron chi connectivity index (χ4n) is 4.79. The molecule has 0 saturated carbocycles. The highest BCUT2D eigenvalue weighted by molar-refractivity contribution is 6.01. The van der Waals surface area contributed by atoms with Gasteiger partial charge in [0.25, 0.3) is 0 Å². The Labute approximate surface area is 224 Å². The zero-order valence-electron chi connectivity index (χ0n) is 21.7. The highest BCUT2D eigenvalue weighted by Crippen LogP contribution is 2.24. The topological polar surface area (TPSA) is 54.0 Å². The number of nitrogens with one attached hydrogen (secondary N) is 1. The highest BCUT2D eigenvalue weighted by Gasteiger charge is 2.17. The van der Waals surface area contributed by atoms with Crippen LogP contribution in [-0.4, -0.2) is 55.2 Å². The number of amides is 2. The first-order chi connectivity index (χ1) is 18.7. The van der Waals surface area contributed by atoms with Gasteiger partial charge < -0.3 is 19.7 Å². The number of nitrogens with zero attached hydrogens (tertiary/aromatic N) is 2. The number of rotatable bonds is 10. The molecule has 4 aromatic rings. The molecule has 0 radical (unpaired) electrons. The number of hydrogen-bond donors (Lipinski definition) is 1. The number of fused-ring (bicyclic) bond motifs is 1. The fourth-order valence-corrected chi connectivity index (χ4v) is 4.79. The number of morpholine rings is 1. The second-order valence-electron chi connectivity index (χ2n) is 9.61. The summed E-state index contributed by atoms with van der Waals surface area (Å²) in [6.07, 6.45) is 0.896. The molecule has 0 unspecified atom stereocenters. The molecular formula is C32H35N3O3. The van der Waals surface area contributed by atoms with Crippen LogP contribution in [-0.2, 0) is 17.9 Å². The summed E-state index contributed by atoms with van der Waals surface area (Å²) >= 11 is 0. The lowest BCUT2D eigenvalue weighted by Gasteiger charge is -2.28. The minimum Gasteiger partial charge on any atom is -0.489 e. The van der Waals surface area contributed by atoms with E-state index >= 15 is 0 Å². The number of ether oxygens (including phenoxy) is 2. The zero-order chi connectivity index (χ0) is 26.0. The maximum atomic E-state index is 13.6. The van der Waals surface area contributed by atoms with Crippen LogP contribution in [0.25, 0.3) is 10.8 Å². The standard InChI is InChI=1S/C32H35N3O3/c36-32(33-31-16-7-13-28-12-4-5-15-30(28)31)35(18-8-17-34-19-21-37-22-20-34)24-27-11-6-14-29(23-27)38-25-26-9-2-1-3-10-26/h1-7,9-16,23H,8,17-22,24-25H2,(H,33,36). The number of carbonyl (C=O) groups excluding carboxylic acids is 1. The average molecular weight is 510 g/mol. The summed E-state index contributed by atoms with van der Waals surface area (Å²) in [6.45, 7) is 6.07. The number of urea groups is 1. The first kappa shape index (κ1) is 25.8. The van der Waals surface area contributed by atoms with E-state index in [-0.39, 0.29) is 6.03 Å². The largest absolute Gasteiger partial charge is 0.489 e. The Balaban J connectivity index is 1.28. The molecule has 4 aromatic carbocycles. The molecule has 6 heteroatoms. The van der Waals surface area contributed by atoms with Crippen LogP contribution in [0.4, 0.5) is 10.5 Å². The Kier molecular flexibility index (Phi) is 8.87. The van der Waals surface area contributed by atoms with E-state index in [0.717, 1.165) is 72.6 Å². The quantitative estimate of drug-likeness (QED) is 0.278. The van der Waals surface area contributed by atoms with Gasteiger partial charge in [0.05, 0.1) is 18.9 Å². The lowest BCUT2D eigenvalue weighted by atomic mass is 10.1. The van der Waals surface area contributed by atoms with Crippen molar-refractivity contribution in [3.05, 3.63) is 108 Å². The van der Waals surface area contributed by atoms with Gasteiger partial charge in [-0.05, 0) is 41.1 Å². The summed E-state index contributed by atoms with van der Waals surface area (Å²) < 4.78 is 11.5. The Morgan fingerprint density at radius 1 is 0.868 bits per heavy atom. The Bertz CT molecular complexity index is 1320. The van der Waals surface area contributed by atoms with Crippen LogP contribution >= 0.6 is 0 Å². The second kappa shape index (κ2) is 13.1. The van der Waals surface area contributed by atoms with Gasteiger partial charge in [-0.1, -0.05) is 78.9 Å². The predicted molar refractivity (Wildman–Crippen MR) is 152 cm³/mol. The molecule has 0 aromatic heterocycles. The molecule has 1 heterocycles. The first-order valence-electron chi connectivity index (χ1n) is 13.3. The minimum atomic E-state index is -0.0982. The van der Waals surface area contributed by atoms with Crippen LogP contribution in [0, 0.1) is 0 Å². The van der Waals surface area contributed by atoms with Crippen LogP contribution < -0.4 is 10.1 Å². The van der Waals surface area contributed by atoms with Crippen molar-refractivity contribution in [1.82, 2.24) is 9.80 Å². The van der Waals surface area contributed by atoms with Crippen LogP contribution in [0.2, 0.25) is 0 Å². The number of benzene rings is 4. The van der Waals surface area contributed by atoms with Crippen LogP contribution in [0.15, 0.2) is 97.1 Å². The van der Waals surface area contributed by atoms with Crippen molar-refractivity contribution in [3.8, 4) is 5.75 Å². The van der Waals surface area contributed by atoms with E-state index in [2.05, 4.69) is 40.5 Å². The monoisotopic (exact) mass is 509 g/mol. The highest BCUT2D eigenvalue weighted by atomic mass is 16.5. The smallest absolute Gasteiger partial charge is 0.322 e. The first-order valence-corrected chi connectivity index (χ1v) is 13.3. The van der Waals surface area contributed by atoms with Crippen molar-refractivity contribution < 1.29 is 14.3 Å². The molecule has 196 valence electrons. The fraction of sp³-hybridized carbons (Fsp3) is 0.281. The lowest BCUT2D eigenvalue weighted by Crippen LogP contribution is -2.40. The van der Waals surface area contributed by atoms with E-state index in [0.29, 0.717) is 19.7 Å². The van der Waals surface area contributed by atoms with Crippen LogP contribution in [0.1, 0.15) is 17.5 Å². The van der Waals surface area contributed by atoms with Gasteiger partial charge in [0, 0.05) is 38.1 Å². The number of hydrogen-bond acceptors (Lipinski definition) is 4. The van der Waals surface area contributed by atoms with Gasteiger partial charge in [-0.25, -0.2) is 4.79 Å². The van der Waals surface area contributed by atoms with Crippen molar-refractivity contribution in [1.29, 1.82) is 0 Å². The zero-order valence-corrected chi connectivity index (χ0v) is 21.7. The summed E-state index contributed by atoms with van der Waals surface area (Å²) in [6, 6.07) is 32.2. The van der Waals surface area contributed by atoms with E-state index in [1.54, 1.807) is 0 Å². The summed E-state index contributed by atoms with van der Waals surface area (Å²) in [7, 11) is 0. The van der Waals surface area contributed by atoms with Crippen molar-refractivity contribution in [2.45, 2.75) is 19.6 Å². The lowest BCUT2D eigenvalue weighted by molar-refractivity contribution is 0.0365. The van der Waals surface area contributed by atoms with Gasteiger partial charge in [0.1, 0.15) is 12.4 Å². The molecule has 5 rings (SSSR count). The van der Waals surface area contributed by atoms with Crippen LogP contribution in [0.5, 0.6) is 5.75 Å². The normalized spacial score (nSPS) is 13.8. The number of carbonyl (C=O) groups is 1. The van der Waals surface area contributed by atoms with Crippen molar-refractivity contribution in [2.75, 3.05) is 44.7 Å². The van der Waals surface area contributed by atoms with Crippen molar-refractivity contribution in [3.63, 3.8) is 0 Å². The summed E-state index contributed by atoms with van der Waals surface area (Å²) in [5, 5.41) is 5.32. The van der Waals surface area contributed by atoms with Gasteiger partial charge in [0.2, 0.25) is 0 Å². The Morgan fingerprint density at radius 3 is 2.47 bits per heavy atom. The summed E-state index contributed by atoms with van der Waals surface area (Å²) in [5.41, 5.74) is 2.98. The van der Waals surface area contributed by atoms with E-state index in [1.165, 1.54) is 0 Å². The Morgan fingerprint density at radius 2 is 1.61 bits per heavy atom. The molecule has 0 spiro atoms. The van der Waals surface area contributed by atoms with E-state index < -0.39 is 0 Å². The molecule has 1 N–H and O–H groups in total.